The Morgan fingerprint density at radius 2 is 1.96 bits per heavy atom. The molecular formula is C16H14ClN5O3S3. The van der Waals surface area contributed by atoms with Gasteiger partial charge in [0.15, 0.2) is 10.0 Å². The summed E-state index contributed by atoms with van der Waals surface area (Å²) in [5, 5.41) is 10.2. The zero-order valence-corrected chi connectivity index (χ0v) is 17.9. The molecule has 0 atom stereocenters. The zero-order valence-electron chi connectivity index (χ0n) is 14.7. The van der Waals surface area contributed by atoms with Crippen molar-refractivity contribution in [1.82, 2.24) is 20.2 Å². The van der Waals surface area contributed by atoms with E-state index in [1.165, 1.54) is 28.7 Å². The van der Waals surface area contributed by atoms with Gasteiger partial charge >= 0.3 is 0 Å². The van der Waals surface area contributed by atoms with Crippen LogP contribution < -0.4 is 5.32 Å². The summed E-state index contributed by atoms with van der Waals surface area (Å²) in [6.45, 7) is 2.03. The van der Waals surface area contributed by atoms with E-state index in [1.807, 2.05) is 31.2 Å². The normalized spacial score (nSPS) is 11.4. The van der Waals surface area contributed by atoms with Gasteiger partial charge in [0.2, 0.25) is 20.1 Å². The molecule has 3 rings (SSSR count). The smallest absolute Gasteiger partial charge is 0.277 e. The number of benzene rings is 1. The van der Waals surface area contributed by atoms with Crippen LogP contribution >= 0.6 is 34.7 Å². The molecule has 0 radical (unpaired) electrons. The zero-order chi connectivity index (χ0) is 20.3. The molecule has 0 bridgehead atoms. The molecule has 2 aromatic heterocycles. The van der Waals surface area contributed by atoms with Gasteiger partial charge in [-0.3, -0.25) is 10.1 Å². The maximum absolute atomic E-state index is 12.4. The van der Waals surface area contributed by atoms with E-state index in [9.17, 15) is 13.2 Å². The van der Waals surface area contributed by atoms with Gasteiger partial charge in [0.25, 0.3) is 5.91 Å². The largest absolute Gasteiger partial charge is 0.295 e. The van der Waals surface area contributed by atoms with Crippen LogP contribution in [0.15, 0.2) is 40.0 Å². The van der Waals surface area contributed by atoms with Crippen LogP contribution in [-0.2, 0) is 15.6 Å². The van der Waals surface area contributed by atoms with Crippen molar-refractivity contribution in [3.05, 3.63) is 52.3 Å². The third-order valence-corrected chi connectivity index (χ3v) is 6.56. The number of carbonyl (C=O) groups excluding carboxylic acids is 1. The van der Waals surface area contributed by atoms with E-state index in [0.29, 0.717) is 4.34 Å². The lowest BCUT2D eigenvalue weighted by Gasteiger charge is -2.04. The molecule has 0 saturated heterocycles. The Balaban J connectivity index is 1.68. The standard InChI is InChI=1S/C16H14ClN5O3S3/c1-9-3-5-10(6-4-9)8-26-16-22-21-14(27-16)20-13(23)12-11(17)7-18-15(19-12)28(2,24)25/h3-7H,8H2,1-2H3,(H,20,21,23). The third-order valence-electron chi connectivity index (χ3n) is 3.38. The number of thioether (sulfide) groups is 1. The molecule has 0 spiro atoms. The predicted molar refractivity (Wildman–Crippen MR) is 109 cm³/mol. The molecule has 0 fully saturated rings. The maximum atomic E-state index is 12.4. The number of aryl methyl sites for hydroxylation is 1. The molecule has 0 aliphatic carbocycles. The maximum Gasteiger partial charge on any atom is 0.277 e. The topological polar surface area (TPSA) is 115 Å². The number of hydrogen-bond donors (Lipinski definition) is 1. The van der Waals surface area contributed by atoms with E-state index in [0.717, 1.165) is 23.8 Å². The van der Waals surface area contributed by atoms with E-state index in [4.69, 9.17) is 11.6 Å². The minimum absolute atomic E-state index is 0.0663. The van der Waals surface area contributed by atoms with E-state index in [1.54, 1.807) is 0 Å². The molecule has 146 valence electrons. The number of anilines is 1. The molecule has 12 heteroatoms. The second-order valence-corrected chi connectivity index (χ2v) is 10.2. The van der Waals surface area contributed by atoms with Crippen molar-refractivity contribution in [1.29, 1.82) is 0 Å². The highest BCUT2D eigenvalue weighted by atomic mass is 35.5. The SMILES string of the molecule is Cc1ccc(CSc2nnc(NC(=O)c3nc(S(C)(=O)=O)ncc3Cl)s2)cc1. The number of rotatable bonds is 6. The highest BCUT2D eigenvalue weighted by Crippen LogP contribution is 2.29. The van der Waals surface area contributed by atoms with E-state index in [-0.39, 0.29) is 15.8 Å². The van der Waals surface area contributed by atoms with Crippen LogP contribution in [0.5, 0.6) is 0 Å². The molecule has 1 amide bonds. The van der Waals surface area contributed by atoms with Crippen LogP contribution in [0.2, 0.25) is 5.02 Å². The fourth-order valence-electron chi connectivity index (χ4n) is 1.99. The Labute approximate surface area is 174 Å². The van der Waals surface area contributed by atoms with Crippen LogP contribution in [0.3, 0.4) is 0 Å². The molecule has 8 nitrogen and oxygen atoms in total. The summed E-state index contributed by atoms with van der Waals surface area (Å²) in [6.07, 6.45) is 2.02. The summed E-state index contributed by atoms with van der Waals surface area (Å²) in [5.41, 5.74) is 2.09. The van der Waals surface area contributed by atoms with E-state index in [2.05, 4.69) is 25.5 Å². The molecule has 0 aliphatic heterocycles. The lowest BCUT2D eigenvalue weighted by molar-refractivity contribution is 0.102. The van der Waals surface area contributed by atoms with Crippen LogP contribution in [0.4, 0.5) is 5.13 Å². The van der Waals surface area contributed by atoms with Crippen molar-refractivity contribution < 1.29 is 13.2 Å². The fourth-order valence-corrected chi connectivity index (χ4v) is 4.37. The number of carbonyl (C=O) groups is 1. The predicted octanol–water partition coefficient (Wildman–Crippen LogP) is 3.24. The van der Waals surface area contributed by atoms with Crippen LogP contribution in [0, 0.1) is 6.92 Å². The average molecular weight is 456 g/mol. The van der Waals surface area contributed by atoms with Crippen LogP contribution in [0.1, 0.15) is 21.6 Å². The first-order chi connectivity index (χ1) is 13.2. The highest BCUT2D eigenvalue weighted by Gasteiger charge is 2.20. The Morgan fingerprint density at radius 1 is 1.25 bits per heavy atom. The first-order valence-corrected chi connectivity index (χ1v) is 11.9. The summed E-state index contributed by atoms with van der Waals surface area (Å²) in [4.78, 5) is 19.7. The minimum Gasteiger partial charge on any atom is -0.295 e. The molecule has 28 heavy (non-hydrogen) atoms. The van der Waals surface area contributed by atoms with Gasteiger partial charge < -0.3 is 0 Å². The highest BCUT2D eigenvalue weighted by molar-refractivity contribution is 8.00. The van der Waals surface area contributed by atoms with Crippen LogP contribution in [0.25, 0.3) is 0 Å². The Morgan fingerprint density at radius 3 is 2.64 bits per heavy atom. The molecule has 0 aliphatic rings. The number of amides is 1. The molecule has 1 N–H and O–H groups in total. The van der Waals surface area contributed by atoms with Gasteiger partial charge in [-0.15, -0.1) is 10.2 Å². The van der Waals surface area contributed by atoms with E-state index < -0.39 is 20.9 Å². The summed E-state index contributed by atoms with van der Waals surface area (Å²) < 4.78 is 23.8. The number of nitrogens with one attached hydrogen (secondary N) is 1. The van der Waals surface area contributed by atoms with Gasteiger partial charge in [0.05, 0.1) is 11.2 Å². The van der Waals surface area contributed by atoms with Crippen LogP contribution in [-0.4, -0.2) is 40.7 Å². The van der Waals surface area contributed by atoms with Crippen molar-refractivity contribution >= 4 is 55.6 Å². The molecule has 2 heterocycles. The second-order valence-electron chi connectivity index (χ2n) is 5.72. The van der Waals surface area contributed by atoms with Crippen molar-refractivity contribution in [2.75, 3.05) is 11.6 Å². The lowest BCUT2D eigenvalue weighted by Crippen LogP contribution is -2.17. The Kier molecular flexibility index (Phi) is 6.28. The van der Waals surface area contributed by atoms with Gasteiger partial charge in [-0.05, 0) is 12.5 Å². The number of nitrogens with zero attached hydrogens (tertiary/aromatic N) is 4. The molecule has 1 aromatic carbocycles. The monoisotopic (exact) mass is 455 g/mol. The minimum atomic E-state index is -3.67. The van der Waals surface area contributed by atoms with Gasteiger partial charge in [-0.1, -0.05) is 64.5 Å². The summed E-state index contributed by atoms with van der Waals surface area (Å²) in [7, 11) is -3.67. The third kappa shape index (κ3) is 5.25. The number of aromatic nitrogens is 4. The van der Waals surface area contributed by atoms with Crippen molar-refractivity contribution in [3.63, 3.8) is 0 Å². The molecule has 0 unspecified atom stereocenters. The summed E-state index contributed by atoms with van der Waals surface area (Å²) in [5.74, 6) is 0.0294. The average Bonchev–Trinajstić information content (AvgIpc) is 3.08. The molecular weight excluding hydrogens is 442 g/mol. The first kappa shape index (κ1) is 20.6. The first-order valence-electron chi connectivity index (χ1n) is 7.78. The van der Waals surface area contributed by atoms with Crippen molar-refractivity contribution in [2.45, 2.75) is 22.2 Å². The molecule has 0 saturated carbocycles. The number of halogens is 1. The Bertz CT molecular complexity index is 1120. The fraction of sp³-hybridized carbons (Fsp3) is 0.188. The van der Waals surface area contributed by atoms with E-state index >= 15 is 0 Å². The number of hydrogen-bond acceptors (Lipinski definition) is 9. The lowest BCUT2D eigenvalue weighted by atomic mass is 10.2. The van der Waals surface area contributed by atoms with Gasteiger partial charge in [-0.25, -0.2) is 18.4 Å². The number of sulfone groups is 1. The van der Waals surface area contributed by atoms with Gasteiger partial charge in [0, 0.05) is 12.0 Å². The summed E-state index contributed by atoms with van der Waals surface area (Å²) in [6, 6.07) is 8.17. The van der Waals surface area contributed by atoms with Gasteiger partial charge in [-0.2, -0.15) is 0 Å². The second kappa shape index (κ2) is 8.52. The summed E-state index contributed by atoms with van der Waals surface area (Å²) >= 11 is 8.62. The Hall–Kier alpha value is -2.08. The quantitative estimate of drug-likeness (QED) is 0.342. The molecule has 3 aromatic rings. The van der Waals surface area contributed by atoms with Gasteiger partial charge in [0.1, 0.15) is 0 Å². The van der Waals surface area contributed by atoms with Crippen molar-refractivity contribution in [3.8, 4) is 0 Å². The van der Waals surface area contributed by atoms with Crippen molar-refractivity contribution in [2.24, 2.45) is 0 Å².